The Kier molecular flexibility index (Phi) is 8.39. The van der Waals surface area contributed by atoms with Crippen molar-refractivity contribution in [1.29, 1.82) is 0 Å². The molecule has 0 aromatic heterocycles. The highest BCUT2D eigenvalue weighted by atomic mass is 16.6. The second-order valence-electron chi connectivity index (χ2n) is 17.4. The standard InChI is InChI=1S/C61H43NO2/c1-3-17-40(18-4-1)41-19-15-21-44(37-41)47-25-10-14-32-55(47)62(45-22-5-2-6-23-45)46-24-16-20-42(38-46)43-33-35-56-58(39-43)64-60-57(63-56)36-34-54-59(60)50-28-9-13-31-53(50)61(54)51-29-11-7-26-48(51)49-27-8-12-30-52(49)61/h1-5,7-22,24-26,28-39,49H,6,23,27H2. The SMILES string of the molecule is C1=CCCC(N(c2cccc(-c3ccc4c(c3)Oc3c(ccc5c3-c3ccccc3C53C5=CC=CCC5c5ccccc53)O4)c2)c2ccccc2-c2cccc(-c3ccccc3)c2)=C1. The number of allylic oxidation sites excluding steroid dienone is 8. The number of fused-ring (bicyclic) bond motifs is 13. The molecule has 1 heterocycles. The first-order chi connectivity index (χ1) is 31.7. The predicted molar refractivity (Wildman–Crippen MR) is 261 cm³/mol. The summed E-state index contributed by atoms with van der Waals surface area (Å²) in [5.74, 6) is 3.30. The van der Waals surface area contributed by atoms with Crippen molar-refractivity contribution < 1.29 is 9.47 Å². The number of hydrogen-bond donors (Lipinski definition) is 0. The average Bonchev–Trinajstić information content (AvgIpc) is 3.84. The zero-order valence-electron chi connectivity index (χ0n) is 35.2. The molecule has 0 bridgehead atoms. The summed E-state index contributed by atoms with van der Waals surface area (Å²) in [5.41, 5.74) is 19.2. The maximum absolute atomic E-state index is 7.13. The van der Waals surface area contributed by atoms with E-state index in [4.69, 9.17) is 9.47 Å². The molecular weight excluding hydrogens is 779 g/mol. The molecule has 13 rings (SSSR count). The van der Waals surface area contributed by atoms with Crippen molar-refractivity contribution in [2.75, 3.05) is 4.90 Å². The minimum Gasteiger partial charge on any atom is -0.449 e. The van der Waals surface area contributed by atoms with Gasteiger partial charge in [0.1, 0.15) is 0 Å². The van der Waals surface area contributed by atoms with Crippen molar-refractivity contribution in [2.45, 2.75) is 30.6 Å². The second kappa shape index (κ2) is 14.6. The summed E-state index contributed by atoms with van der Waals surface area (Å²) >= 11 is 0. The summed E-state index contributed by atoms with van der Waals surface area (Å²) in [6, 6.07) is 66.0. The Morgan fingerprint density at radius 2 is 1.20 bits per heavy atom. The first-order valence-corrected chi connectivity index (χ1v) is 22.5. The van der Waals surface area contributed by atoms with E-state index in [-0.39, 0.29) is 0 Å². The van der Waals surface area contributed by atoms with Gasteiger partial charge in [-0.05, 0) is 129 Å². The molecule has 2 unspecified atom stereocenters. The van der Waals surface area contributed by atoms with Gasteiger partial charge in [-0.2, -0.15) is 0 Å². The normalized spacial score (nSPS) is 18.0. The van der Waals surface area contributed by atoms with E-state index in [1.807, 2.05) is 0 Å². The van der Waals surface area contributed by atoms with Gasteiger partial charge in [0.05, 0.1) is 11.1 Å². The number of benzene rings is 8. The summed E-state index contributed by atoms with van der Waals surface area (Å²) in [5, 5.41) is 0. The van der Waals surface area contributed by atoms with Crippen molar-refractivity contribution in [3.05, 3.63) is 252 Å². The molecule has 4 aliphatic carbocycles. The number of ether oxygens (including phenoxy) is 2. The van der Waals surface area contributed by atoms with E-state index in [1.54, 1.807) is 0 Å². The van der Waals surface area contributed by atoms with Crippen LogP contribution >= 0.6 is 0 Å². The van der Waals surface area contributed by atoms with E-state index in [1.165, 1.54) is 61.3 Å². The van der Waals surface area contributed by atoms with Gasteiger partial charge in [-0.15, -0.1) is 0 Å². The Bertz CT molecular complexity index is 3330. The molecule has 3 nitrogen and oxygen atoms in total. The number of hydrogen-bond acceptors (Lipinski definition) is 3. The van der Waals surface area contributed by atoms with Gasteiger partial charge >= 0.3 is 0 Å². The Morgan fingerprint density at radius 1 is 0.484 bits per heavy atom. The lowest BCUT2D eigenvalue weighted by molar-refractivity contribution is 0.360. The lowest BCUT2D eigenvalue weighted by Gasteiger charge is -2.33. The molecule has 2 atom stereocenters. The third kappa shape index (κ3) is 5.53. The van der Waals surface area contributed by atoms with Gasteiger partial charge in [-0.25, -0.2) is 0 Å². The third-order valence-electron chi connectivity index (χ3n) is 14.0. The smallest absolute Gasteiger partial charge is 0.178 e. The molecule has 0 saturated carbocycles. The van der Waals surface area contributed by atoms with Crippen LogP contribution in [-0.2, 0) is 5.41 Å². The van der Waals surface area contributed by atoms with Crippen LogP contribution in [0.1, 0.15) is 47.4 Å². The molecule has 3 heteroatoms. The van der Waals surface area contributed by atoms with Crippen LogP contribution in [0.4, 0.5) is 11.4 Å². The summed E-state index contributed by atoms with van der Waals surface area (Å²) < 4.78 is 13.9. The fraction of sp³-hybridized carbons (Fsp3) is 0.0820. The number of rotatable bonds is 6. The zero-order chi connectivity index (χ0) is 42.2. The van der Waals surface area contributed by atoms with Crippen LogP contribution in [0, 0.1) is 0 Å². The minimum atomic E-state index is -0.391. The molecule has 8 aromatic rings. The monoisotopic (exact) mass is 821 g/mol. The largest absolute Gasteiger partial charge is 0.449 e. The molecule has 1 aliphatic heterocycles. The number of anilines is 2. The molecule has 1 spiro atoms. The van der Waals surface area contributed by atoms with Gasteiger partial charge in [0.2, 0.25) is 0 Å². The Labute approximate surface area is 374 Å². The molecule has 0 N–H and O–H groups in total. The summed E-state index contributed by atoms with van der Waals surface area (Å²) in [4.78, 5) is 2.45. The second-order valence-corrected chi connectivity index (χ2v) is 17.4. The van der Waals surface area contributed by atoms with Gasteiger partial charge < -0.3 is 14.4 Å². The highest BCUT2D eigenvalue weighted by Gasteiger charge is 2.56. The Hall–Kier alpha value is -7.88. The van der Waals surface area contributed by atoms with E-state index >= 15 is 0 Å². The van der Waals surface area contributed by atoms with Crippen molar-refractivity contribution >= 4 is 11.4 Å². The van der Waals surface area contributed by atoms with Gasteiger partial charge in [0.15, 0.2) is 23.0 Å². The summed E-state index contributed by atoms with van der Waals surface area (Å²) in [6.07, 6.45) is 16.6. The molecule has 8 aromatic carbocycles. The van der Waals surface area contributed by atoms with Gasteiger partial charge in [0.25, 0.3) is 0 Å². The molecule has 0 radical (unpaired) electrons. The molecule has 0 saturated heterocycles. The van der Waals surface area contributed by atoms with Gasteiger partial charge in [-0.3, -0.25) is 0 Å². The highest BCUT2D eigenvalue weighted by Crippen LogP contribution is 2.68. The molecule has 0 amide bonds. The van der Waals surface area contributed by atoms with Crippen LogP contribution in [0.2, 0.25) is 0 Å². The van der Waals surface area contributed by atoms with Crippen LogP contribution in [0.25, 0.3) is 44.5 Å². The first kappa shape index (κ1) is 36.7. The fourth-order valence-electron chi connectivity index (χ4n) is 11.3. The van der Waals surface area contributed by atoms with Crippen LogP contribution in [0.15, 0.2) is 230 Å². The lowest BCUT2D eigenvalue weighted by Crippen LogP contribution is -2.27. The Balaban J connectivity index is 0.900. The maximum Gasteiger partial charge on any atom is 0.178 e. The van der Waals surface area contributed by atoms with Crippen LogP contribution in [0.3, 0.4) is 0 Å². The molecule has 5 aliphatic rings. The average molecular weight is 822 g/mol. The number of nitrogens with zero attached hydrogens (tertiary/aromatic N) is 1. The van der Waals surface area contributed by atoms with E-state index in [9.17, 15) is 0 Å². The van der Waals surface area contributed by atoms with E-state index in [2.05, 4.69) is 223 Å². The summed E-state index contributed by atoms with van der Waals surface area (Å²) in [6.45, 7) is 0. The van der Waals surface area contributed by atoms with Crippen molar-refractivity contribution in [3.63, 3.8) is 0 Å². The topological polar surface area (TPSA) is 21.7 Å². The maximum atomic E-state index is 7.13. The van der Waals surface area contributed by atoms with Gasteiger partial charge in [0, 0.05) is 28.4 Å². The van der Waals surface area contributed by atoms with Crippen LogP contribution in [0.5, 0.6) is 23.0 Å². The van der Waals surface area contributed by atoms with Crippen molar-refractivity contribution in [1.82, 2.24) is 0 Å². The minimum absolute atomic E-state index is 0.341. The van der Waals surface area contributed by atoms with Crippen molar-refractivity contribution in [3.8, 4) is 67.5 Å². The van der Waals surface area contributed by atoms with E-state index in [0.29, 0.717) is 17.4 Å². The predicted octanol–water partition coefficient (Wildman–Crippen LogP) is 16.3. The third-order valence-corrected chi connectivity index (χ3v) is 14.0. The van der Waals surface area contributed by atoms with E-state index < -0.39 is 5.41 Å². The molecule has 304 valence electrons. The lowest BCUT2D eigenvalue weighted by atomic mass is 9.69. The van der Waals surface area contributed by atoms with Crippen LogP contribution in [-0.4, -0.2) is 0 Å². The quantitative estimate of drug-likeness (QED) is 0.167. The summed E-state index contributed by atoms with van der Waals surface area (Å²) in [7, 11) is 0. The molecular formula is C61H43NO2. The fourth-order valence-corrected chi connectivity index (χ4v) is 11.3. The highest BCUT2D eigenvalue weighted by molar-refractivity contribution is 5.94. The first-order valence-electron chi connectivity index (χ1n) is 22.5. The van der Waals surface area contributed by atoms with E-state index in [0.717, 1.165) is 58.8 Å². The van der Waals surface area contributed by atoms with Gasteiger partial charge in [-0.1, -0.05) is 170 Å². The zero-order valence-corrected chi connectivity index (χ0v) is 35.2. The molecule has 64 heavy (non-hydrogen) atoms. The molecule has 0 fully saturated rings. The number of para-hydroxylation sites is 1. The Morgan fingerprint density at radius 3 is 2.09 bits per heavy atom. The van der Waals surface area contributed by atoms with Crippen molar-refractivity contribution in [2.24, 2.45) is 0 Å². The van der Waals surface area contributed by atoms with Crippen LogP contribution < -0.4 is 14.4 Å².